The summed E-state index contributed by atoms with van der Waals surface area (Å²) in [4.78, 5) is 4.95. The van der Waals surface area contributed by atoms with Crippen molar-refractivity contribution in [1.82, 2.24) is 4.98 Å². The number of hydrogen-bond acceptors (Lipinski definition) is 3. The normalized spacial score (nSPS) is 23.3. The van der Waals surface area contributed by atoms with Gasteiger partial charge in [-0.15, -0.1) is 11.8 Å². The standard InChI is InChI=1S/C22H22N2S/c1-13-8-9-19-16(10-13)22(2,3)17-12-25-21-15(20(17)23-19)11-14-6-4-5-7-18(14)24-21/h4-11,17,20,23H,12H2,1-3H3/t17-,20+/m1/s1. The van der Waals surface area contributed by atoms with Crippen molar-refractivity contribution in [2.24, 2.45) is 5.92 Å². The molecule has 0 fully saturated rings. The summed E-state index contributed by atoms with van der Waals surface area (Å²) in [5.74, 6) is 1.67. The first-order valence-corrected chi connectivity index (χ1v) is 9.93. The van der Waals surface area contributed by atoms with Gasteiger partial charge in [0.15, 0.2) is 0 Å². The topological polar surface area (TPSA) is 24.9 Å². The maximum atomic E-state index is 4.95. The van der Waals surface area contributed by atoms with Crippen molar-refractivity contribution in [2.45, 2.75) is 37.3 Å². The molecule has 1 N–H and O–H groups in total. The number of rotatable bonds is 0. The van der Waals surface area contributed by atoms with Crippen molar-refractivity contribution in [1.29, 1.82) is 0 Å². The second kappa shape index (κ2) is 5.25. The van der Waals surface area contributed by atoms with Crippen LogP contribution in [0, 0.1) is 12.8 Å². The number of aryl methyl sites for hydroxylation is 1. The van der Waals surface area contributed by atoms with E-state index in [0.717, 1.165) is 11.3 Å². The van der Waals surface area contributed by atoms with Gasteiger partial charge in [0.2, 0.25) is 0 Å². The maximum Gasteiger partial charge on any atom is 0.102 e. The number of anilines is 1. The van der Waals surface area contributed by atoms with Crippen LogP contribution in [0.25, 0.3) is 10.9 Å². The monoisotopic (exact) mass is 346 g/mol. The Hall–Kier alpha value is -2.00. The number of nitrogens with zero attached hydrogens (tertiary/aromatic N) is 1. The van der Waals surface area contributed by atoms with Gasteiger partial charge in [-0.3, -0.25) is 0 Å². The van der Waals surface area contributed by atoms with Crippen molar-refractivity contribution in [3.8, 4) is 0 Å². The predicted molar refractivity (Wildman–Crippen MR) is 107 cm³/mol. The summed E-state index contributed by atoms with van der Waals surface area (Å²) in [6.07, 6.45) is 0. The lowest BCUT2D eigenvalue weighted by Gasteiger charge is -2.48. The van der Waals surface area contributed by atoms with Gasteiger partial charge in [0.1, 0.15) is 5.03 Å². The molecule has 2 nitrogen and oxygen atoms in total. The lowest BCUT2D eigenvalue weighted by Crippen LogP contribution is -2.44. The van der Waals surface area contributed by atoms with Gasteiger partial charge in [-0.2, -0.15) is 0 Å². The Morgan fingerprint density at radius 1 is 1.12 bits per heavy atom. The Morgan fingerprint density at radius 2 is 1.96 bits per heavy atom. The van der Waals surface area contributed by atoms with Crippen molar-refractivity contribution in [3.63, 3.8) is 0 Å². The number of thioether (sulfide) groups is 1. The third kappa shape index (κ3) is 2.22. The van der Waals surface area contributed by atoms with Gasteiger partial charge in [0, 0.05) is 28.3 Å². The summed E-state index contributed by atoms with van der Waals surface area (Å²) in [6.45, 7) is 7.00. The van der Waals surface area contributed by atoms with Gasteiger partial charge >= 0.3 is 0 Å². The zero-order chi connectivity index (χ0) is 17.2. The molecule has 5 rings (SSSR count). The van der Waals surface area contributed by atoms with Gasteiger partial charge < -0.3 is 5.32 Å². The van der Waals surface area contributed by atoms with E-state index in [4.69, 9.17) is 4.98 Å². The fourth-order valence-electron chi connectivity index (χ4n) is 4.42. The number of fused-ring (bicyclic) bond motifs is 5. The van der Waals surface area contributed by atoms with Crippen LogP contribution in [0.4, 0.5) is 5.69 Å². The Morgan fingerprint density at radius 3 is 2.84 bits per heavy atom. The maximum absolute atomic E-state index is 4.95. The second-order valence-electron chi connectivity index (χ2n) is 7.89. The van der Waals surface area contributed by atoms with Crippen molar-refractivity contribution in [3.05, 3.63) is 65.2 Å². The minimum absolute atomic E-state index is 0.146. The highest BCUT2D eigenvalue weighted by Gasteiger charge is 2.45. The minimum Gasteiger partial charge on any atom is -0.378 e. The minimum atomic E-state index is 0.146. The van der Waals surface area contributed by atoms with Gasteiger partial charge in [0.05, 0.1) is 11.6 Å². The van der Waals surface area contributed by atoms with Gasteiger partial charge in [-0.1, -0.05) is 49.7 Å². The molecule has 0 saturated carbocycles. The van der Waals surface area contributed by atoms with Crippen LogP contribution in [-0.2, 0) is 5.41 Å². The predicted octanol–water partition coefficient (Wildman–Crippen LogP) is 5.71. The quantitative estimate of drug-likeness (QED) is 0.564. The molecule has 2 aromatic carbocycles. The van der Waals surface area contributed by atoms with Crippen LogP contribution >= 0.6 is 11.8 Å². The van der Waals surface area contributed by atoms with Crippen molar-refractivity contribution in [2.75, 3.05) is 11.1 Å². The van der Waals surface area contributed by atoms with Gasteiger partial charge in [0.25, 0.3) is 0 Å². The molecule has 25 heavy (non-hydrogen) atoms. The summed E-state index contributed by atoms with van der Waals surface area (Å²) >= 11 is 1.92. The molecule has 0 spiro atoms. The number of para-hydroxylation sites is 1. The molecular weight excluding hydrogens is 324 g/mol. The average Bonchev–Trinajstić information content (AvgIpc) is 2.61. The smallest absolute Gasteiger partial charge is 0.102 e. The summed E-state index contributed by atoms with van der Waals surface area (Å²) < 4.78 is 0. The van der Waals surface area contributed by atoms with Crippen LogP contribution in [0.5, 0.6) is 0 Å². The Labute approximate surface area is 153 Å². The number of aromatic nitrogens is 1. The molecule has 0 radical (unpaired) electrons. The van der Waals surface area contributed by atoms with E-state index < -0.39 is 0 Å². The first-order chi connectivity index (χ1) is 12.0. The highest BCUT2D eigenvalue weighted by atomic mass is 32.2. The highest BCUT2D eigenvalue weighted by Crippen LogP contribution is 2.54. The fourth-order valence-corrected chi connectivity index (χ4v) is 5.88. The van der Waals surface area contributed by atoms with Gasteiger partial charge in [-0.25, -0.2) is 4.98 Å². The zero-order valence-electron chi connectivity index (χ0n) is 14.8. The average molecular weight is 346 g/mol. The van der Waals surface area contributed by atoms with Crippen molar-refractivity contribution < 1.29 is 0 Å². The molecule has 3 aromatic rings. The van der Waals surface area contributed by atoms with E-state index in [-0.39, 0.29) is 5.41 Å². The van der Waals surface area contributed by atoms with E-state index in [1.165, 1.54) is 32.8 Å². The third-order valence-electron chi connectivity index (χ3n) is 5.96. The Balaban J connectivity index is 1.69. The van der Waals surface area contributed by atoms with Crippen LogP contribution in [-0.4, -0.2) is 10.7 Å². The highest BCUT2D eigenvalue weighted by molar-refractivity contribution is 7.99. The second-order valence-corrected chi connectivity index (χ2v) is 8.89. The molecule has 3 heterocycles. The Bertz CT molecular complexity index is 992. The molecular formula is C22H22N2S. The molecule has 0 unspecified atom stereocenters. The Kier molecular flexibility index (Phi) is 3.21. The SMILES string of the molecule is Cc1ccc2c(c1)C(C)(C)[C@@H]1CSc3nc4ccccc4cc3[C@@H]1N2. The number of benzene rings is 2. The molecule has 2 atom stereocenters. The fraction of sp³-hybridized carbons (Fsp3) is 0.318. The molecule has 2 aliphatic heterocycles. The number of pyridine rings is 1. The van der Waals surface area contributed by atoms with Crippen LogP contribution in [0.3, 0.4) is 0 Å². The molecule has 1 aromatic heterocycles. The first-order valence-electron chi connectivity index (χ1n) is 8.94. The van der Waals surface area contributed by atoms with E-state index in [0.29, 0.717) is 12.0 Å². The summed E-state index contributed by atoms with van der Waals surface area (Å²) in [6, 6.07) is 17.9. The molecule has 0 amide bonds. The molecule has 126 valence electrons. The van der Waals surface area contributed by atoms with Crippen LogP contribution < -0.4 is 5.32 Å². The lowest BCUT2D eigenvalue weighted by atomic mass is 9.66. The van der Waals surface area contributed by atoms with Crippen LogP contribution in [0.1, 0.15) is 36.6 Å². The van der Waals surface area contributed by atoms with Crippen LogP contribution in [0.15, 0.2) is 53.6 Å². The molecule has 0 bridgehead atoms. The van der Waals surface area contributed by atoms with E-state index >= 15 is 0 Å². The number of hydrogen-bond donors (Lipinski definition) is 1. The van der Waals surface area contributed by atoms with E-state index in [1.54, 1.807) is 0 Å². The molecule has 0 saturated heterocycles. The largest absolute Gasteiger partial charge is 0.378 e. The van der Waals surface area contributed by atoms with E-state index in [2.05, 4.69) is 74.6 Å². The summed E-state index contributed by atoms with van der Waals surface area (Å²) in [7, 11) is 0. The third-order valence-corrected chi connectivity index (χ3v) is 7.09. The number of nitrogens with one attached hydrogen (secondary N) is 1. The lowest BCUT2D eigenvalue weighted by molar-refractivity contribution is 0.292. The van der Waals surface area contributed by atoms with Crippen LogP contribution in [0.2, 0.25) is 0 Å². The van der Waals surface area contributed by atoms with Crippen molar-refractivity contribution >= 4 is 28.4 Å². The van der Waals surface area contributed by atoms with Gasteiger partial charge in [-0.05, 0) is 36.1 Å². The molecule has 0 aliphatic carbocycles. The summed E-state index contributed by atoms with van der Waals surface area (Å²) in [5.41, 5.74) is 6.67. The van der Waals surface area contributed by atoms with E-state index in [1.807, 2.05) is 11.8 Å². The first kappa shape index (κ1) is 15.3. The molecule has 2 aliphatic rings. The summed E-state index contributed by atoms with van der Waals surface area (Å²) in [5, 5.41) is 6.28. The van der Waals surface area contributed by atoms with E-state index in [9.17, 15) is 0 Å². The molecule has 3 heteroatoms. The zero-order valence-corrected chi connectivity index (χ0v) is 15.7.